The van der Waals surface area contributed by atoms with Crippen LogP contribution in [0.25, 0.3) is 0 Å². The number of likely N-dealkylation sites (N-methyl/N-ethyl adjacent to an activating group) is 1. The van der Waals surface area contributed by atoms with Crippen LogP contribution in [0.4, 0.5) is 5.69 Å². The summed E-state index contributed by atoms with van der Waals surface area (Å²) >= 11 is 0. The largest absolute Gasteiger partial charge is 0.486 e. The average Bonchev–Trinajstić information content (AvgIpc) is 2.80. The van der Waals surface area contributed by atoms with Crippen LogP contribution in [0.15, 0.2) is 53.4 Å². The van der Waals surface area contributed by atoms with Crippen molar-refractivity contribution in [3.8, 4) is 5.75 Å². The number of aliphatic hydroxyl groups excluding tert-OH is 1. The second-order valence-corrected chi connectivity index (χ2v) is 12.6. The molecule has 1 aliphatic rings. The number of carbonyl (C=O) groups excluding carboxylic acids is 1. The van der Waals surface area contributed by atoms with Gasteiger partial charge in [0.15, 0.2) is 5.75 Å². The number of rotatable bonds is 8. The molecule has 192 valence electrons. The average molecular weight is 526 g/mol. The molecule has 0 radical (unpaired) electrons. The number of anilines is 1. The highest BCUT2D eigenvalue weighted by Gasteiger charge is 2.36. The Labute approximate surface area is 206 Å². The minimum atomic E-state index is -3.82. The van der Waals surface area contributed by atoms with E-state index in [4.69, 9.17) is 4.74 Å². The van der Waals surface area contributed by atoms with Gasteiger partial charge in [0.05, 0.1) is 41.6 Å². The van der Waals surface area contributed by atoms with Crippen LogP contribution >= 0.6 is 0 Å². The number of nitrogens with one attached hydrogen (secondary N) is 1. The Morgan fingerprint density at radius 1 is 1.14 bits per heavy atom. The number of hydrogen-bond acceptors (Lipinski definition) is 7. The number of ether oxygens (including phenoxy) is 1. The highest BCUT2D eigenvalue weighted by atomic mass is 32.2. The first-order valence-electron chi connectivity index (χ1n) is 11.1. The molecule has 2 aromatic rings. The lowest BCUT2D eigenvalue weighted by atomic mass is 9.99. The van der Waals surface area contributed by atoms with Crippen LogP contribution in [0.2, 0.25) is 0 Å². The standard InChI is InChI=1S/C23H31N3O7S2/c1-16-13-26(17(2)15-27)23(28)19-11-8-12-20(24-34(4,29)30)22(19)33-21(16)14-25(3)35(31,32)18-9-6-5-7-10-18/h5-12,16-17,21,24,27H,13-15H2,1-4H3/t16-,17-,21-/m1/s1. The number of amides is 1. The van der Waals surface area contributed by atoms with Crippen LogP contribution in [0.3, 0.4) is 0 Å². The quantitative estimate of drug-likeness (QED) is 0.535. The van der Waals surface area contributed by atoms with Crippen molar-refractivity contribution >= 4 is 31.6 Å². The zero-order valence-corrected chi connectivity index (χ0v) is 21.7. The fourth-order valence-corrected chi connectivity index (χ4v) is 5.63. The molecule has 35 heavy (non-hydrogen) atoms. The smallest absolute Gasteiger partial charge is 0.258 e. The van der Waals surface area contributed by atoms with Crippen molar-refractivity contribution in [1.82, 2.24) is 9.21 Å². The SMILES string of the molecule is C[C@@H]1CN([C@H](C)CO)C(=O)c2cccc(NS(C)(=O)=O)c2O[C@@H]1CN(C)S(=O)(=O)c1ccccc1. The second-order valence-electron chi connectivity index (χ2n) is 8.78. The summed E-state index contributed by atoms with van der Waals surface area (Å²) in [6.45, 7) is 3.39. The van der Waals surface area contributed by atoms with Gasteiger partial charge in [-0.15, -0.1) is 0 Å². The van der Waals surface area contributed by atoms with Crippen LogP contribution in [-0.4, -0.2) is 82.2 Å². The maximum absolute atomic E-state index is 13.4. The van der Waals surface area contributed by atoms with Gasteiger partial charge >= 0.3 is 0 Å². The summed E-state index contributed by atoms with van der Waals surface area (Å²) in [6.07, 6.45) is 0.249. The zero-order chi connectivity index (χ0) is 26.0. The summed E-state index contributed by atoms with van der Waals surface area (Å²) in [5, 5.41) is 9.75. The maximum atomic E-state index is 13.4. The van der Waals surface area contributed by atoms with Gasteiger partial charge in [0, 0.05) is 19.5 Å². The number of para-hydroxylation sites is 1. The van der Waals surface area contributed by atoms with Crippen molar-refractivity contribution in [1.29, 1.82) is 0 Å². The molecule has 3 rings (SSSR count). The molecule has 3 atom stereocenters. The molecule has 1 aliphatic heterocycles. The Hall–Kier alpha value is -2.67. The predicted octanol–water partition coefficient (Wildman–Crippen LogP) is 1.60. The topological polar surface area (TPSA) is 133 Å². The molecule has 1 heterocycles. The fourth-order valence-electron chi connectivity index (χ4n) is 3.87. The first-order valence-corrected chi connectivity index (χ1v) is 14.4. The number of benzene rings is 2. The van der Waals surface area contributed by atoms with E-state index in [2.05, 4.69) is 4.72 Å². The molecule has 0 spiro atoms. The number of aliphatic hydroxyl groups is 1. The van der Waals surface area contributed by atoms with Crippen molar-refractivity contribution in [3.63, 3.8) is 0 Å². The monoisotopic (exact) mass is 525 g/mol. The summed E-state index contributed by atoms with van der Waals surface area (Å²) in [5.74, 6) is -0.768. The molecular weight excluding hydrogens is 494 g/mol. The van der Waals surface area contributed by atoms with E-state index < -0.39 is 38.1 Å². The Bertz CT molecular complexity index is 1270. The van der Waals surface area contributed by atoms with Crippen molar-refractivity contribution < 1.29 is 31.5 Å². The Balaban J connectivity index is 2.06. The molecule has 0 unspecified atom stereocenters. The van der Waals surface area contributed by atoms with Gasteiger partial charge in [-0.05, 0) is 31.2 Å². The van der Waals surface area contributed by atoms with E-state index in [0.717, 1.165) is 6.26 Å². The van der Waals surface area contributed by atoms with Gasteiger partial charge in [-0.3, -0.25) is 9.52 Å². The molecule has 0 aliphatic carbocycles. The van der Waals surface area contributed by atoms with E-state index in [1.165, 1.54) is 46.6 Å². The normalized spacial score (nSPS) is 19.9. The second kappa shape index (κ2) is 10.5. The highest BCUT2D eigenvalue weighted by Crippen LogP contribution is 2.35. The molecule has 2 aromatic carbocycles. The fraction of sp³-hybridized carbons (Fsp3) is 0.435. The van der Waals surface area contributed by atoms with Crippen molar-refractivity contribution in [2.75, 3.05) is 37.7 Å². The molecule has 0 fully saturated rings. The molecule has 0 saturated carbocycles. The van der Waals surface area contributed by atoms with Gasteiger partial charge in [-0.2, -0.15) is 4.31 Å². The van der Waals surface area contributed by atoms with Crippen molar-refractivity contribution in [3.05, 3.63) is 54.1 Å². The van der Waals surface area contributed by atoms with Crippen LogP contribution in [0.1, 0.15) is 24.2 Å². The lowest BCUT2D eigenvalue weighted by Gasteiger charge is -2.38. The summed E-state index contributed by atoms with van der Waals surface area (Å²) in [6, 6.07) is 12.0. The molecule has 1 amide bonds. The minimum Gasteiger partial charge on any atom is -0.486 e. The molecule has 0 bridgehead atoms. The number of carbonyl (C=O) groups is 1. The van der Waals surface area contributed by atoms with Gasteiger partial charge in [-0.1, -0.05) is 31.2 Å². The van der Waals surface area contributed by atoms with E-state index in [1.807, 2.05) is 6.92 Å². The van der Waals surface area contributed by atoms with E-state index >= 15 is 0 Å². The number of sulfonamides is 2. The lowest BCUT2D eigenvalue weighted by molar-refractivity contribution is 0.0389. The van der Waals surface area contributed by atoms with E-state index in [1.54, 1.807) is 25.1 Å². The molecule has 0 saturated heterocycles. The van der Waals surface area contributed by atoms with Gasteiger partial charge in [0.2, 0.25) is 20.0 Å². The Morgan fingerprint density at radius 2 is 1.80 bits per heavy atom. The molecule has 2 N–H and O–H groups in total. The molecule has 10 nitrogen and oxygen atoms in total. The zero-order valence-electron chi connectivity index (χ0n) is 20.1. The van der Waals surface area contributed by atoms with Gasteiger partial charge in [0.1, 0.15) is 6.10 Å². The van der Waals surface area contributed by atoms with Crippen LogP contribution in [-0.2, 0) is 20.0 Å². The lowest BCUT2D eigenvalue weighted by Crippen LogP contribution is -2.50. The van der Waals surface area contributed by atoms with Gasteiger partial charge in [0.25, 0.3) is 5.91 Å². The van der Waals surface area contributed by atoms with Gasteiger partial charge < -0.3 is 14.7 Å². The first-order chi connectivity index (χ1) is 16.3. The van der Waals surface area contributed by atoms with Crippen LogP contribution < -0.4 is 9.46 Å². The van der Waals surface area contributed by atoms with E-state index in [9.17, 15) is 26.7 Å². The summed E-state index contributed by atoms with van der Waals surface area (Å²) in [5.41, 5.74) is 0.187. The summed E-state index contributed by atoms with van der Waals surface area (Å²) in [4.78, 5) is 15.0. The van der Waals surface area contributed by atoms with Crippen LogP contribution in [0.5, 0.6) is 5.75 Å². The number of hydrogen-bond donors (Lipinski definition) is 2. The summed E-state index contributed by atoms with van der Waals surface area (Å²) in [7, 11) is -6.08. The highest BCUT2D eigenvalue weighted by molar-refractivity contribution is 7.92. The number of fused-ring (bicyclic) bond motifs is 1. The third-order valence-electron chi connectivity index (χ3n) is 5.87. The van der Waals surface area contributed by atoms with Gasteiger partial charge in [-0.25, -0.2) is 16.8 Å². The molecule has 12 heteroatoms. The third kappa shape index (κ3) is 6.13. The first kappa shape index (κ1) is 26.9. The summed E-state index contributed by atoms with van der Waals surface area (Å²) < 4.78 is 59.9. The molecular formula is C23H31N3O7S2. The van der Waals surface area contributed by atoms with Crippen molar-refractivity contribution in [2.45, 2.75) is 30.9 Å². The number of nitrogens with zero attached hydrogens (tertiary/aromatic N) is 2. The molecule has 0 aromatic heterocycles. The van der Waals surface area contributed by atoms with Crippen molar-refractivity contribution in [2.24, 2.45) is 5.92 Å². The van der Waals surface area contributed by atoms with E-state index in [-0.39, 0.29) is 47.5 Å². The minimum absolute atomic E-state index is 0.0140. The Kier molecular flexibility index (Phi) is 8.10. The maximum Gasteiger partial charge on any atom is 0.258 e. The third-order valence-corrected chi connectivity index (χ3v) is 8.30. The Morgan fingerprint density at radius 3 is 2.40 bits per heavy atom. The predicted molar refractivity (Wildman–Crippen MR) is 132 cm³/mol. The van der Waals surface area contributed by atoms with Crippen LogP contribution in [0, 0.1) is 5.92 Å². The van der Waals surface area contributed by atoms with E-state index in [0.29, 0.717) is 0 Å².